The Morgan fingerprint density at radius 3 is 1.09 bits per heavy atom. The normalized spacial score (nSPS) is 12.2. The van der Waals surface area contributed by atoms with Gasteiger partial charge in [0.25, 0.3) is 11.8 Å². The Morgan fingerprint density at radius 2 is 0.759 bits per heavy atom. The Morgan fingerprint density at radius 1 is 0.426 bits per heavy atom. The van der Waals surface area contributed by atoms with Crippen LogP contribution in [0.4, 0.5) is 34.1 Å². The molecule has 5 nitrogen and oxygen atoms in total. The first-order chi connectivity index (χ1) is 26.6. The average molecular weight is 724 g/mol. The number of anilines is 6. The molecule has 0 radical (unpaired) electrons. The number of para-hydroxylation sites is 4. The van der Waals surface area contributed by atoms with Crippen LogP contribution in [0.3, 0.4) is 0 Å². The van der Waals surface area contributed by atoms with Gasteiger partial charge in [0.2, 0.25) is 0 Å². The summed E-state index contributed by atoms with van der Waals surface area (Å²) in [6, 6.07) is 57.9. The number of thiophene rings is 1. The van der Waals surface area contributed by atoms with E-state index in [9.17, 15) is 9.59 Å². The zero-order valence-electron chi connectivity index (χ0n) is 30.3. The zero-order valence-corrected chi connectivity index (χ0v) is 31.1. The highest BCUT2D eigenvalue weighted by molar-refractivity contribution is 7.20. The van der Waals surface area contributed by atoms with E-state index in [-0.39, 0.29) is 11.8 Å². The minimum absolute atomic E-state index is 0.195. The number of unbranched alkanes of at least 4 members (excludes halogenated alkanes) is 3. The van der Waals surface area contributed by atoms with Crippen LogP contribution in [0.5, 0.6) is 0 Å². The summed E-state index contributed by atoms with van der Waals surface area (Å²) in [7, 11) is 0. The standard InChI is InChI=1S/C48H41N3O2S/c1-2-3-4-17-34-49-47(52)43-44(48(49)53)46(36-28-32-42(33-29-36)51(39-22-13-7-14-23-39)40-24-15-8-16-25-40)54-45(43)35-26-30-41(31-27-35)50(37-18-9-5-10-19-37)38-20-11-6-12-21-38/h5-16,18-33H,2-4,17,34H2,1H3. The first-order valence-corrected chi connectivity index (χ1v) is 19.5. The lowest BCUT2D eigenvalue weighted by atomic mass is 10.0. The molecule has 2 heterocycles. The molecule has 0 saturated heterocycles. The van der Waals surface area contributed by atoms with Crippen molar-refractivity contribution in [2.24, 2.45) is 0 Å². The maximum Gasteiger partial charge on any atom is 0.263 e. The van der Waals surface area contributed by atoms with Gasteiger partial charge >= 0.3 is 0 Å². The van der Waals surface area contributed by atoms with Crippen LogP contribution in [-0.4, -0.2) is 23.3 Å². The Hall–Kier alpha value is -6.24. The second-order valence-electron chi connectivity index (χ2n) is 13.4. The second kappa shape index (κ2) is 15.8. The van der Waals surface area contributed by atoms with Gasteiger partial charge in [-0.05, 0) is 90.3 Å². The molecule has 0 saturated carbocycles. The van der Waals surface area contributed by atoms with Crippen molar-refractivity contribution in [3.05, 3.63) is 181 Å². The fraction of sp³-hybridized carbons (Fsp3) is 0.125. The Balaban J connectivity index is 1.19. The number of nitrogens with zero attached hydrogens (tertiary/aromatic N) is 3. The van der Waals surface area contributed by atoms with Gasteiger partial charge in [0, 0.05) is 50.4 Å². The molecule has 2 amide bonds. The van der Waals surface area contributed by atoms with Crippen LogP contribution in [-0.2, 0) is 0 Å². The number of benzene rings is 6. The van der Waals surface area contributed by atoms with Crippen molar-refractivity contribution in [3.8, 4) is 20.9 Å². The number of carbonyl (C=O) groups excluding carboxylic acids is 2. The SMILES string of the molecule is CCCCCCN1C(=O)c2c(-c3ccc(N(c4ccccc4)c4ccccc4)cc3)sc(-c3ccc(N(c4ccccc4)c4ccccc4)cc3)c2C1=O. The Labute approximate surface area is 321 Å². The largest absolute Gasteiger partial charge is 0.311 e. The monoisotopic (exact) mass is 723 g/mol. The summed E-state index contributed by atoms with van der Waals surface area (Å²) in [5.74, 6) is -0.390. The van der Waals surface area contributed by atoms with E-state index in [0.29, 0.717) is 17.7 Å². The molecular weight excluding hydrogens is 683 g/mol. The lowest BCUT2D eigenvalue weighted by molar-refractivity contribution is 0.0652. The number of amides is 2. The quantitative estimate of drug-likeness (QED) is 0.0878. The van der Waals surface area contributed by atoms with Crippen LogP contribution in [0, 0.1) is 0 Å². The topological polar surface area (TPSA) is 43.9 Å². The summed E-state index contributed by atoms with van der Waals surface area (Å²) >= 11 is 1.53. The first kappa shape index (κ1) is 34.8. The highest BCUT2D eigenvalue weighted by Crippen LogP contribution is 2.48. The van der Waals surface area contributed by atoms with E-state index in [4.69, 9.17) is 0 Å². The molecule has 8 rings (SSSR count). The molecule has 0 atom stereocenters. The van der Waals surface area contributed by atoms with Crippen molar-refractivity contribution in [1.29, 1.82) is 0 Å². The lowest BCUT2D eigenvalue weighted by Gasteiger charge is -2.25. The fourth-order valence-corrected chi connectivity index (χ4v) is 8.53. The maximum atomic E-state index is 14.2. The van der Waals surface area contributed by atoms with Crippen LogP contribution in [0.1, 0.15) is 53.3 Å². The van der Waals surface area contributed by atoms with Crippen molar-refractivity contribution in [2.45, 2.75) is 32.6 Å². The molecule has 0 spiro atoms. The molecule has 7 aromatic rings. The summed E-state index contributed by atoms with van der Waals surface area (Å²) < 4.78 is 0. The van der Waals surface area contributed by atoms with Gasteiger partial charge in [0.1, 0.15) is 0 Å². The summed E-state index contributed by atoms with van der Waals surface area (Å²) in [4.78, 5) is 36.0. The molecule has 1 aliphatic heterocycles. The van der Waals surface area contributed by atoms with Gasteiger partial charge in [-0.25, -0.2) is 0 Å². The van der Waals surface area contributed by atoms with Crippen molar-refractivity contribution in [2.75, 3.05) is 16.3 Å². The molecule has 0 fully saturated rings. The lowest BCUT2D eigenvalue weighted by Crippen LogP contribution is -2.31. The van der Waals surface area contributed by atoms with Crippen LogP contribution in [0.15, 0.2) is 170 Å². The number of fused-ring (bicyclic) bond motifs is 1. The van der Waals surface area contributed by atoms with Crippen LogP contribution >= 0.6 is 11.3 Å². The highest BCUT2D eigenvalue weighted by Gasteiger charge is 2.42. The van der Waals surface area contributed by atoms with Crippen molar-refractivity contribution < 1.29 is 9.59 Å². The van der Waals surface area contributed by atoms with Crippen LogP contribution < -0.4 is 9.80 Å². The van der Waals surface area contributed by atoms with Gasteiger partial charge in [0.15, 0.2) is 0 Å². The molecule has 0 unspecified atom stereocenters. The van der Waals surface area contributed by atoms with Gasteiger partial charge in [-0.15, -0.1) is 11.3 Å². The zero-order chi connectivity index (χ0) is 36.9. The molecule has 6 aromatic carbocycles. The van der Waals surface area contributed by atoms with Gasteiger partial charge in [-0.2, -0.15) is 0 Å². The van der Waals surface area contributed by atoms with E-state index in [1.807, 2.05) is 72.8 Å². The third-order valence-electron chi connectivity index (χ3n) is 9.89. The van der Waals surface area contributed by atoms with E-state index in [1.54, 1.807) is 0 Å². The molecule has 1 aliphatic rings. The number of rotatable bonds is 13. The molecule has 0 bridgehead atoms. The first-order valence-electron chi connectivity index (χ1n) is 18.7. The van der Waals surface area contributed by atoms with Gasteiger partial charge in [-0.1, -0.05) is 123 Å². The highest BCUT2D eigenvalue weighted by atomic mass is 32.1. The van der Waals surface area contributed by atoms with Crippen molar-refractivity contribution >= 4 is 57.3 Å². The summed E-state index contributed by atoms with van der Waals surface area (Å²) in [5.41, 5.74) is 9.08. The van der Waals surface area contributed by atoms with E-state index < -0.39 is 0 Å². The molecule has 266 valence electrons. The number of hydrogen-bond acceptors (Lipinski definition) is 5. The van der Waals surface area contributed by atoms with Gasteiger partial charge < -0.3 is 9.80 Å². The number of hydrogen-bond donors (Lipinski definition) is 0. The third-order valence-corrected chi connectivity index (χ3v) is 11.2. The molecule has 0 N–H and O–H groups in total. The molecule has 6 heteroatoms. The number of carbonyl (C=O) groups is 2. The van der Waals surface area contributed by atoms with Gasteiger partial charge in [-0.3, -0.25) is 14.5 Å². The molecule has 0 aliphatic carbocycles. The summed E-state index contributed by atoms with van der Waals surface area (Å²) in [5, 5.41) is 0. The van der Waals surface area contributed by atoms with E-state index >= 15 is 0 Å². The Bertz CT molecular complexity index is 2100. The predicted molar refractivity (Wildman–Crippen MR) is 224 cm³/mol. The minimum atomic E-state index is -0.195. The molecule has 54 heavy (non-hydrogen) atoms. The van der Waals surface area contributed by atoms with Gasteiger partial charge in [0.05, 0.1) is 11.1 Å². The summed E-state index contributed by atoms with van der Waals surface area (Å²) in [6.45, 7) is 2.59. The fourth-order valence-electron chi connectivity index (χ4n) is 7.23. The second-order valence-corrected chi connectivity index (χ2v) is 14.5. The summed E-state index contributed by atoms with van der Waals surface area (Å²) in [6.07, 6.45) is 3.96. The van der Waals surface area contributed by atoms with Crippen LogP contribution in [0.2, 0.25) is 0 Å². The third kappa shape index (κ3) is 6.84. The van der Waals surface area contributed by atoms with Crippen LogP contribution in [0.25, 0.3) is 20.9 Å². The smallest absolute Gasteiger partial charge is 0.263 e. The van der Waals surface area contributed by atoms with Crippen molar-refractivity contribution in [3.63, 3.8) is 0 Å². The predicted octanol–water partition coefficient (Wildman–Crippen LogP) is 13.2. The number of imide groups is 1. The average Bonchev–Trinajstić information content (AvgIpc) is 3.74. The van der Waals surface area contributed by atoms with E-state index in [1.165, 1.54) is 16.2 Å². The minimum Gasteiger partial charge on any atom is -0.311 e. The maximum absolute atomic E-state index is 14.2. The molecular formula is C48H41N3O2S. The molecule has 1 aromatic heterocycles. The van der Waals surface area contributed by atoms with E-state index in [0.717, 1.165) is 80.7 Å². The van der Waals surface area contributed by atoms with E-state index in [2.05, 4.69) is 114 Å². The van der Waals surface area contributed by atoms with Crippen molar-refractivity contribution in [1.82, 2.24) is 4.90 Å². The Kier molecular flexibility index (Phi) is 10.2.